The number of fused-ring (bicyclic) bond motifs is 10. The van der Waals surface area contributed by atoms with Crippen molar-refractivity contribution in [1.29, 1.82) is 0 Å². The van der Waals surface area contributed by atoms with Crippen LogP contribution in [-0.4, -0.2) is 0 Å². The fourth-order valence-corrected chi connectivity index (χ4v) is 9.08. The predicted molar refractivity (Wildman–Crippen MR) is 208 cm³/mol. The van der Waals surface area contributed by atoms with Gasteiger partial charge in [-0.05, 0) is 63.0 Å². The van der Waals surface area contributed by atoms with Crippen molar-refractivity contribution in [3.63, 3.8) is 0 Å². The lowest BCUT2D eigenvalue weighted by molar-refractivity contribution is 0.633. The minimum atomic E-state index is 0.845. The number of furan rings is 2. The van der Waals surface area contributed by atoms with Crippen molar-refractivity contribution in [3.05, 3.63) is 158 Å². The number of hydrogen-bond acceptors (Lipinski definition) is 3. The molecule has 11 aromatic rings. The van der Waals surface area contributed by atoms with Crippen LogP contribution in [0.4, 0.5) is 0 Å². The summed E-state index contributed by atoms with van der Waals surface area (Å²) in [5, 5.41) is 10.6. The third-order valence-corrected chi connectivity index (χ3v) is 11.2. The summed E-state index contributed by atoms with van der Waals surface area (Å²) < 4.78 is 16.1. The van der Waals surface area contributed by atoms with Crippen molar-refractivity contribution < 1.29 is 8.83 Å². The second-order valence-electron chi connectivity index (χ2n) is 12.8. The van der Waals surface area contributed by atoms with Crippen LogP contribution < -0.4 is 0 Å². The van der Waals surface area contributed by atoms with Crippen LogP contribution in [0.2, 0.25) is 0 Å². The minimum Gasteiger partial charge on any atom is -0.455 e. The molecule has 8 aromatic carbocycles. The van der Waals surface area contributed by atoms with E-state index in [1.54, 1.807) is 0 Å². The van der Waals surface area contributed by atoms with Gasteiger partial charge in [-0.3, -0.25) is 0 Å². The number of hydrogen-bond donors (Lipinski definition) is 0. The molecule has 0 saturated carbocycles. The SMILES string of the molecule is c1ccc(-c2cc3cc(-c4c5ccccc5c(-c5ccc6c(c5)sc5ccccc56)c5ccccc45)c4oc5ccccc5c4c3o2)cc1. The molecule has 0 aliphatic rings. The van der Waals surface area contributed by atoms with Gasteiger partial charge in [-0.25, -0.2) is 0 Å². The second kappa shape index (κ2) is 10.2. The highest BCUT2D eigenvalue weighted by atomic mass is 32.1. The zero-order valence-electron chi connectivity index (χ0n) is 26.2. The van der Waals surface area contributed by atoms with Crippen LogP contribution in [0.25, 0.3) is 108 Å². The Labute approximate surface area is 285 Å². The average molecular weight is 643 g/mol. The summed E-state index contributed by atoms with van der Waals surface area (Å²) in [4.78, 5) is 0. The minimum absolute atomic E-state index is 0.845. The zero-order valence-corrected chi connectivity index (χ0v) is 27.1. The Bertz CT molecular complexity index is 3050. The van der Waals surface area contributed by atoms with Gasteiger partial charge in [0.15, 0.2) is 0 Å². The van der Waals surface area contributed by atoms with Gasteiger partial charge in [0.2, 0.25) is 0 Å². The normalized spacial score (nSPS) is 12.1. The van der Waals surface area contributed by atoms with Gasteiger partial charge >= 0.3 is 0 Å². The van der Waals surface area contributed by atoms with E-state index in [0.717, 1.165) is 49.8 Å². The molecule has 49 heavy (non-hydrogen) atoms. The molecule has 2 nitrogen and oxygen atoms in total. The number of thiophene rings is 1. The van der Waals surface area contributed by atoms with Crippen molar-refractivity contribution in [1.82, 2.24) is 0 Å². The van der Waals surface area contributed by atoms with Gasteiger partial charge in [-0.15, -0.1) is 11.3 Å². The van der Waals surface area contributed by atoms with Crippen LogP contribution in [-0.2, 0) is 0 Å². The Balaban J connectivity index is 1.26. The van der Waals surface area contributed by atoms with E-state index < -0.39 is 0 Å². The van der Waals surface area contributed by atoms with Crippen molar-refractivity contribution in [2.24, 2.45) is 0 Å². The lowest BCUT2D eigenvalue weighted by atomic mass is 9.85. The summed E-state index contributed by atoms with van der Waals surface area (Å²) in [6.07, 6.45) is 0. The Morgan fingerprint density at radius 3 is 1.76 bits per heavy atom. The standard InChI is InChI=1S/C46H26O2S/c1-2-12-27(13-3-1)39-25-29-24-37(46-44(45(29)48-39)36-19-8-10-20-38(36)47-46)43-34-17-6-4-15-32(34)42(33-16-5-7-18-35(33)43)28-22-23-31-30-14-9-11-21-40(30)49-41(31)26-28/h1-26H. The van der Waals surface area contributed by atoms with Crippen LogP contribution in [0.15, 0.2) is 167 Å². The average Bonchev–Trinajstić information content (AvgIpc) is 3.87. The number of para-hydroxylation sites is 1. The van der Waals surface area contributed by atoms with Crippen LogP contribution in [0, 0.1) is 0 Å². The van der Waals surface area contributed by atoms with Crippen LogP contribution >= 0.6 is 11.3 Å². The van der Waals surface area contributed by atoms with Gasteiger partial charge in [0.05, 0.1) is 5.39 Å². The molecule has 0 spiro atoms. The molecule has 0 atom stereocenters. The molecule has 0 aliphatic carbocycles. The fraction of sp³-hybridized carbons (Fsp3) is 0. The second-order valence-corrected chi connectivity index (χ2v) is 13.9. The molecule has 11 rings (SSSR count). The summed E-state index contributed by atoms with van der Waals surface area (Å²) in [5.74, 6) is 0.848. The highest BCUT2D eigenvalue weighted by molar-refractivity contribution is 7.25. The Kier molecular flexibility index (Phi) is 5.57. The van der Waals surface area contributed by atoms with Crippen LogP contribution in [0.1, 0.15) is 0 Å². The molecule has 0 unspecified atom stereocenters. The Morgan fingerprint density at radius 1 is 0.388 bits per heavy atom. The first-order valence-electron chi connectivity index (χ1n) is 16.6. The topological polar surface area (TPSA) is 26.3 Å². The summed E-state index contributed by atoms with van der Waals surface area (Å²) in [7, 11) is 0. The molecule has 3 aromatic heterocycles. The van der Waals surface area contributed by atoms with Gasteiger partial charge in [0.1, 0.15) is 22.5 Å². The molecule has 0 bridgehead atoms. The van der Waals surface area contributed by atoms with Gasteiger partial charge < -0.3 is 8.83 Å². The quantitative estimate of drug-likeness (QED) is 0.179. The Morgan fingerprint density at radius 2 is 1.00 bits per heavy atom. The molecule has 3 heterocycles. The van der Waals surface area contributed by atoms with E-state index in [1.165, 1.54) is 58.4 Å². The van der Waals surface area contributed by atoms with Crippen LogP contribution in [0.5, 0.6) is 0 Å². The number of rotatable bonds is 3. The zero-order chi connectivity index (χ0) is 32.1. The molecular weight excluding hydrogens is 617 g/mol. The van der Waals surface area contributed by atoms with Gasteiger partial charge in [-0.1, -0.05) is 127 Å². The first-order valence-corrected chi connectivity index (χ1v) is 17.4. The molecular formula is C46H26O2S. The van der Waals surface area contributed by atoms with E-state index in [4.69, 9.17) is 8.83 Å². The van der Waals surface area contributed by atoms with Crippen molar-refractivity contribution in [3.8, 4) is 33.6 Å². The fourth-order valence-electron chi connectivity index (χ4n) is 7.93. The lowest BCUT2D eigenvalue weighted by Crippen LogP contribution is -1.91. The molecule has 0 saturated heterocycles. The first kappa shape index (κ1) is 26.9. The lowest BCUT2D eigenvalue weighted by Gasteiger charge is -2.18. The molecule has 0 amide bonds. The monoisotopic (exact) mass is 642 g/mol. The summed E-state index contributed by atoms with van der Waals surface area (Å²) in [6.45, 7) is 0. The molecule has 0 radical (unpaired) electrons. The predicted octanol–water partition coefficient (Wildman–Crippen LogP) is 14.0. The maximum absolute atomic E-state index is 6.79. The highest BCUT2D eigenvalue weighted by Crippen LogP contribution is 2.49. The first-order chi connectivity index (χ1) is 24.3. The third kappa shape index (κ3) is 3.88. The van der Waals surface area contributed by atoms with Gasteiger partial charge in [0.25, 0.3) is 0 Å². The number of benzene rings is 8. The molecule has 0 fully saturated rings. The highest BCUT2D eigenvalue weighted by Gasteiger charge is 2.24. The maximum Gasteiger partial charge on any atom is 0.147 e. The smallest absolute Gasteiger partial charge is 0.147 e. The van der Waals surface area contributed by atoms with Gasteiger partial charge in [0, 0.05) is 47.6 Å². The summed E-state index contributed by atoms with van der Waals surface area (Å²) >= 11 is 1.86. The van der Waals surface area contributed by atoms with Crippen molar-refractivity contribution in [2.75, 3.05) is 0 Å². The molecule has 228 valence electrons. The molecule has 0 N–H and O–H groups in total. The van der Waals surface area contributed by atoms with E-state index in [2.05, 4.69) is 146 Å². The van der Waals surface area contributed by atoms with E-state index in [1.807, 2.05) is 23.5 Å². The van der Waals surface area contributed by atoms with E-state index >= 15 is 0 Å². The van der Waals surface area contributed by atoms with E-state index in [0.29, 0.717) is 0 Å². The van der Waals surface area contributed by atoms with Crippen molar-refractivity contribution >= 4 is 86.0 Å². The molecule has 3 heteroatoms. The van der Waals surface area contributed by atoms with E-state index in [9.17, 15) is 0 Å². The molecule has 0 aliphatic heterocycles. The van der Waals surface area contributed by atoms with Gasteiger partial charge in [-0.2, -0.15) is 0 Å². The van der Waals surface area contributed by atoms with E-state index in [-0.39, 0.29) is 0 Å². The van der Waals surface area contributed by atoms with Crippen molar-refractivity contribution in [2.45, 2.75) is 0 Å². The van der Waals surface area contributed by atoms with Crippen LogP contribution in [0.3, 0.4) is 0 Å². The summed E-state index contributed by atoms with van der Waals surface area (Å²) in [6, 6.07) is 56.5. The maximum atomic E-state index is 6.79. The summed E-state index contributed by atoms with van der Waals surface area (Å²) in [5.41, 5.74) is 8.32. The largest absolute Gasteiger partial charge is 0.455 e. The Hall–Kier alpha value is -6.16. The third-order valence-electron chi connectivity index (χ3n) is 10.1.